The predicted molar refractivity (Wildman–Crippen MR) is 164 cm³/mol. The van der Waals surface area contributed by atoms with Gasteiger partial charge in [0.25, 0.3) is 11.4 Å². The van der Waals surface area contributed by atoms with Crippen molar-refractivity contribution in [1.82, 2.24) is 0 Å². The minimum absolute atomic E-state index is 0.488. The summed E-state index contributed by atoms with van der Waals surface area (Å²) >= 11 is 0. The van der Waals surface area contributed by atoms with Crippen LogP contribution in [0.15, 0.2) is 35.7 Å². The summed E-state index contributed by atoms with van der Waals surface area (Å²) in [6.07, 6.45) is 0. The van der Waals surface area contributed by atoms with E-state index in [-0.39, 0.29) is 0 Å². The quantitative estimate of drug-likeness (QED) is 0.155. The second kappa shape index (κ2) is 12.2. The largest absolute Gasteiger partial charge is 0.270 e. The van der Waals surface area contributed by atoms with Crippen LogP contribution in [0.2, 0.25) is 0 Å². The van der Waals surface area contributed by atoms with Gasteiger partial charge in [-0.15, -0.1) is 0 Å². The molecule has 0 radical (unpaired) electrons. The highest BCUT2D eigenvalue weighted by molar-refractivity contribution is 6.31. The molecule has 0 unspecified atom stereocenters. The van der Waals surface area contributed by atoms with Gasteiger partial charge in [-0.05, 0) is 46.5 Å². The lowest BCUT2D eigenvalue weighted by atomic mass is 9.84. The zero-order valence-corrected chi connectivity index (χ0v) is 24.3. The summed E-state index contributed by atoms with van der Waals surface area (Å²) in [5.74, 6) is -5.11. The average molecular weight is 652 g/mol. The molecule has 0 aromatic heterocycles. The molecule has 10 nitrogen and oxygen atoms in total. The van der Waals surface area contributed by atoms with Gasteiger partial charge >= 0.3 is 0 Å². The Morgan fingerprint density at radius 1 is 0.540 bits per heavy atom. The molecule has 3 aromatic rings. The summed E-state index contributed by atoms with van der Waals surface area (Å²) in [7, 11) is 0. The van der Waals surface area contributed by atoms with Crippen molar-refractivity contribution in [2.45, 2.75) is 0 Å². The summed E-state index contributed by atoms with van der Waals surface area (Å²) in [5, 5.41) is 60.8. The third-order valence-corrected chi connectivity index (χ3v) is 7.70. The molecule has 0 aliphatic heterocycles. The molecule has 0 bridgehead atoms. The predicted octanol–water partition coefficient (Wildman–Crippen LogP) is 7.97. The third-order valence-electron chi connectivity index (χ3n) is 7.70. The van der Waals surface area contributed by atoms with E-state index in [1.54, 1.807) is 30.3 Å². The van der Waals surface area contributed by atoms with Crippen molar-refractivity contribution in [2.75, 3.05) is 0 Å². The molecule has 0 saturated heterocycles. The summed E-state index contributed by atoms with van der Waals surface area (Å²) in [6, 6.07) is 11.9. The van der Waals surface area contributed by atoms with Crippen LogP contribution in [0.1, 0.15) is 50.1 Å². The summed E-state index contributed by atoms with van der Waals surface area (Å²) in [5.41, 5.74) is -12.0. The van der Waals surface area contributed by atoms with Gasteiger partial charge in [0.1, 0.15) is 41.5 Å². The molecule has 226 valence electrons. The summed E-state index contributed by atoms with van der Waals surface area (Å²) in [6.45, 7) is 30.5. The van der Waals surface area contributed by atoms with Crippen LogP contribution in [-0.4, -0.2) is 0 Å². The Hall–Kier alpha value is -8.76. The van der Waals surface area contributed by atoms with Crippen LogP contribution in [0, 0.1) is 118 Å². The lowest BCUT2D eigenvalue weighted by Gasteiger charge is -2.17. The molecule has 2 aliphatic rings. The average Bonchev–Trinajstić information content (AvgIpc) is 3.63. The zero-order chi connectivity index (χ0) is 36.6. The number of hydrogen-bond acceptors (Lipinski definition) is 6. The zero-order valence-electron chi connectivity index (χ0n) is 24.3. The molecule has 50 heavy (non-hydrogen) atoms. The maximum absolute atomic E-state index is 15.6. The number of nitrogens with zero attached hydrogens (tertiary/aromatic N) is 10. The van der Waals surface area contributed by atoms with Crippen LogP contribution in [-0.2, 0) is 0 Å². The van der Waals surface area contributed by atoms with Crippen LogP contribution >= 0.6 is 0 Å². The van der Waals surface area contributed by atoms with Gasteiger partial charge in [-0.25, -0.2) is 47.5 Å². The highest BCUT2D eigenvalue weighted by atomic mass is 19.1. The second-order valence-corrected chi connectivity index (χ2v) is 9.88. The van der Waals surface area contributed by atoms with Gasteiger partial charge in [0.05, 0.1) is 66.8 Å². The van der Waals surface area contributed by atoms with Gasteiger partial charge in [0.15, 0.2) is 0 Å². The van der Waals surface area contributed by atoms with Gasteiger partial charge in [-0.3, -0.25) is 0 Å². The standard InChI is InChI=1S/C36H4F4N10/c1-47-25-8-23(39)17(7-24(25)40)32-35(27(14-46)49-3)31-19(11-43)29-18(10-42)28(16-6-21(37)15(9-41)5-22(16)38)34(26(13-45)48-2)30(29)20(12-44)33(31)36(32)50-4/h5-8H/b34-26-,35-27-. The SMILES string of the molecule is [C-]#[N+]C1=C(c2cc(F)c([N+]#[C-])cc2F)/C(=C(/C#N)[N+]#[C-])c2c(C#N)c3c(c(C#N)c21)/C(=C(/C#N)[N+]#[C-])C(c1cc(F)c(C#N)cc1F)=C3C#N. The Kier molecular flexibility index (Phi) is 7.97. The first-order valence-electron chi connectivity index (χ1n) is 13.2. The molecule has 0 fully saturated rings. The number of hydrogen-bond donors (Lipinski definition) is 0. The first-order valence-corrected chi connectivity index (χ1v) is 13.2. The summed E-state index contributed by atoms with van der Waals surface area (Å²) < 4.78 is 61.1. The topological polar surface area (TPSA) is 160 Å². The van der Waals surface area contributed by atoms with Crippen molar-refractivity contribution in [3.8, 4) is 36.4 Å². The minimum Gasteiger partial charge on any atom is -0.237 e. The maximum Gasteiger partial charge on any atom is 0.270 e. The number of benzene rings is 3. The molecule has 0 heterocycles. The molecular weight excluding hydrogens is 648 g/mol. The van der Waals surface area contributed by atoms with E-state index < -0.39 is 124 Å². The van der Waals surface area contributed by atoms with Crippen molar-refractivity contribution in [2.24, 2.45) is 0 Å². The van der Waals surface area contributed by atoms with E-state index in [4.69, 9.17) is 26.3 Å². The van der Waals surface area contributed by atoms with E-state index in [9.17, 15) is 40.4 Å². The van der Waals surface area contributed by atoms with E-state index in [0.717, 1.165) is 0 Å². The van der Waals surface area contributed by atoms with Crippen molar-refractivity contribution >= 4 is 39.2 Å². The minimum atomic E-state index is -1.30. The normalized spacial score (nSPS) is 14.1. The Morgan fingerprint density at radius 2 is 1.06 bits per heavy atom. The van der Waals surface area contributed by atoms with Crippen LogP contribution < -0.4 is 0 Å². The number of allylic oxidation sites excluding steroid dienone is 7. The fourth-order valence-corrected chi connectivity index (χ4v) is 5.84. The molecule has 0 N–H and O–H groups in total. The van der Waals surface area contributed by atoms with Crippen LogP contribution in [0.3, 0.4) is 0 Å². The Bertz CT molecular complexity index is 2580. The van der Waals surface area contributed by atoms with E-state index in [0.29, 0.717) is 24.3 Å². The smallest absolute Gasteiger partial charge is 0.237 e. The number of rotatable bonds is 2. The second-order valence-electron chi connectivity index (χ2n) is 9.88. The van der Waals surface area contributed by atoms with Gasteiger partial charge in [0, 0.05) is 33.4 Å². The number of fused-ring (bicyclic) bond motifs is 2. The highest BCUT2D eigenvalue weighted by Crippen LogP contribution is 2.59. The fraction of sp³-hybridized carbons (Fsp3) is 0. The van der Waals surface area contributed by atoms with E-state index >= 15 is 8.78 Å². The van der Waals surface area contributed by atoms with Gasteiger partial charge in [-0.1, -0.05) is 0 Å². The Morgan fingerprint density at radius 3 is 1.56 bits per heavy atom. The molecule has 2 aliphatic carbocycles. The fourth-order valence-electron chi connectivity index (χ4n) is 5.84. The Balaban J connectivity index is 2.13. The van der Waals surface area contributed by atoms with Gasteiger partial charge < -0.3 is 0 Å². The lowest BCUT2D eigenvalue weighted by Crippen LogP contribution is -2.04. The Labute approximate surface area is 279 Å². The highest BCUT2D eigenvalue weighted by Gasteiger charge is 2.44. The molecule has 0 amide bonds. The molecule has 3 aromatic carbocycles. The van der Waals surface area contributed by atoms with Gasteiger partial charge in [-0.2, -0.15) is 21.0 Å². The van der Waals surface area contributed by atoms with Crippen LogP contribution in [0.25, 0.3) is 52.9 Å². The molecule has 0 atom stereocenters. The van der Waals surface area contributed by atoms with Crippen molar-refractivity contribution in [3.63, 3.8) is 0 Å². The van der Waals surface area contributed by atoms with Crippen molar-refractivity contribution < 1.29 is 17.6 Å². The van der Waals surface area contributed by atoms with Crippen LogP contribution in [0.5, 0.6) is 0 Å². The van der Waals surface area contributed by atoms with Crippen molar-refractivity contribution in [1.29, 1.82) is 31.6 Å². The monoisotopic (exact) mass is 652 g/mol. The van der Waals surface area contributed by atoms with Gasteiger partial charge in [0.2, 0.25) is 11.4 Å². The number of halogens is 4. The third kappa shape index (κ3) is 4.32. The first kappa shape index (κ1) is 32.6. The van der Waals surface area contributed by atoms with Crippen molar-refractivity contribution in [3.05, 3.63) is 155 Å². The molecule has 0 saturated carbocycles. The molecule has 5 rings (SSSR count). The molecule has 0 spiro atoms. The van der Waals surface area contributed by atoms with Crippen LogP contribution in [0.4, 0.5) is 23.2 Å². The molecular formula is C36H4F4N10. The maximum atomic E-state index is 15.6. The number of nitriles is 6. The first-order chi connectivity index (χ1) is 24.1. The van der Waals surface area contributed by atoms with E-state index in [2.05, 4.69) is 19.4 Å². The summed E-state index contributed by atoms with van der Waals surface area (Å²) in [4.78, 5) is 12.5. The van der Waals surface area contributed by atoms with E-state index in [1.165, 1.54) is 6.07 Å². The molecule has 14 heteroatoms. The lowest BCUT2D eigenvalue weighted by molar-refractivity contribution is 0.594. The van der Waals surface area contributed by atoms with E-state index in [1.807, 2.05) is 0 Å².